The molecule has 1 aromatic carbocycles. The smallest absolute Gasteiger partial charge is 0.0406 e. The number of fused-ring (bicyclic) bond motifs is 1. The molecule has 0 bridgehead atoms. The SMILES string of the molecule is CC1CC2C(=CN(C)CC2c2ccc(Cl)cc2)S1. The van der Waals surface area contributed by atoms with Gasteiger partial charge in [-0.25, -0.2) is 0 Å². The number of hydrogen-bond donors (Lipinski definition) is 0. The average molecular weight is 280 g/mol. The molecule has 0 N–H and O–H groups in total. The minimum absolute atomic E-state index is 0.615. The van der Waals surface area contributed by atoms with E-state index < -0.39 is 0 Å². The number of thioether (sulfide) groups is 1. The number of rotatable bonds is 1. The van der Waals surface area contributed by atoms with Crippen molar-refractivity contribution in [3.8, 4) is 0 Å². The molecule has 2 aliphatic rings. The maximum atomic E-state index is 5.99. The summed E-state index contributed by atoms with van der Waals surface area (Å²) in [5.41, 5.74) is 1.43. The van der Waals surface area contributed by atoms with E-state index >= 15 is 0 Å². The van der Waals surface area contributed by atoms with E-state index in [1.165, 1.54) is 12.0 Å². The highest BCUT2D eigenvalue weighted by molar-refractivity contribution is 8.03. The largest absolute Gasteiger partial charge is 0.379 e. The molecule has 0 radical (unpaired) electrons. The summed E-state index contributed by atoms with van der Waals surface area (Å²) in [4.78, 5) is 3.90. The first kappa shape index (κ1) is 12.4. The lowest BCUT2D eigenvalue weighted by atomic mass is 9.81. The Kier molecular flexibility index (Phi) is 3.33. The fraction of sp³-hybridized carbons (Fsp3) is 0.467. The highest BCUT2D eigenvalue weighted by Gasteiger charge is 2.37. The maximum absolute atomic E-state index is 5.99. The van der Waals surface area contributed by atoms with Gasteiger partial charge in [-0.15, -0.1) is 11.8 Å². The van der Waals surface area contributed by atoms with Crippen molar-refractivity contribution in [1.82, 2.24) is 4.90 Å². The van der Waals surface area contributed by atoms with Gasteiger partial charge < -0.3 is 4.90 Å². The number of halogens is 1. The van der Waals surface area contributed by atoms with E-state index in [0.717, 1.165) is 16.8 Å². The van der Waals surface area contributed by atoms with Gasteiger partial charge in [-0.1, -0.05) is 30.7 Å². The lowest BCUT2D eigenvalue weighted by molar-refractivity contribution is 0.325. The van der Waals surface area contributed by atoms with Gasteiger partial charge >= 0.3 is 0 Å². The second kappa shape index (κ2) is 4.82. The van der Waals surface area contributed by atoms with Gasteiger partial charge in [0.15, 0.2) is 0 Å². The van der Waals surface area contributed by atoms with Gasteiger partial charge in [0.05, 0.1) is 0 Å². The molecule has 3 atom stereocenters. The van der Waals surface area contributed by atoms with E-state index in [0.29, 0.717) is 11.8 Å². The number of nitrogens with zero attached hydrogens (tertiary/aromatic N) is 1. The summed E-state index contributed by atoms with van der Waals surface area (Å²) in [6, 6.07) is 8.41. The average Bonchev–Trinajstić information content (AvgIpc) is 2.69. The monoisotopic (exact) mass is 279 g/mol. The molecule has 1 fully saturated rings. The Bertz CT molecular complexity index is 468. The lowest BCUT2D eigenvalue weighted by Crippen LogP contribution is -2.30. The van der Waals surface area contributed by atoms with Crippen LogP contribution in [0.15, 0.2) is 35.4 Å². The summed E-state index contributed by atoms with van der Waals surface area (Å²) in [6.45, 7) is 3.45. The lowest BCUT2D eigenvalue weighted by Gasteiger charge is -2.34. The first-order chi connectivity index (χ1) is 8.63. The Hall–Kier alpha value is -0.600. The molecular formula is C15H18ClNS. The maximum Gasteiger partial charge on any atom is 0.0406 e. The van der Waals surface area contributed by atoms with Gasteiger partial charge in [-0.3, -0.25) is 0 Å². The van der Waals surface area contributed by atoms with Crippen LogP contribution in [0.3, 0.4) is 0 Å². The Morgan fingerprint density at radius 1 is 1.22 bits per heavy atom. The molecule has 1 saturated heterocycles. The van der Waals surface area contributed by atoms with Crippen LogP contribution in [-0.4, -0.2) is 23.7 Å². The van der Waals surface area contributed by atoms with Gasteiger partial charge in [0.1, 0.15) is 0 Å². The molecule has 0 aliphatic carbocycles. The number of likely N-dealkylation sites (N-methyl/N-ethyl adjacent to an activating group) is 1. The van der Waals surface area contributed by atoms with Gasteiger partial charge in [-0.2, -0.15) is 0 Å². The van der Waals surface area contributed by atoms with Crippen molar-refractivity contribution >= 4 is 23.4 Å². The molecule has 0 amide bonds. The molecule has 1 nitrogen and oxygen atoms in total. The van der Waals surface area contributed by atoms with E-state index in [1.807, 2.05) is 23.9 Å². The van der Waals surface area contributed by atoms with Crippen LogP contribution in [-0.2, 0) is 0 Å². The van der Waals surface area contributed by atoms with Crippen molar-refractivity contribution in [2.24, 2.45) is 5.92 Å². The fourth-order valence-corrected chi connectivity index (χ4v) is 4.66. The summed E-state index contributed by atoms with van der Waals surface area (Å²) >= 11 is 8.04. The van der Waals surface area contributed by atoms with E-state index in [2.05, 4.69) is 37.2 Å². The van der Waals surface area contributed by atoms with Crippen LogP contribution in [0, 0.1) is 5.92 Å². The molecule has 0 saturated carbocycles. The summed E-state index contributed by atoms with van der Waals surface area (Å²) in [5, 5.41) is 1.58. The van der Waals surface area contributed by atoms with Crippen molar-refractivity contribution in [2.75, 3.05) is 13.6 Å². The van der Waals surface area contributed by atoms with Crippen molar-refractivity contribution in [3.05, 3.63) is 46.0 Å². The van der Waals surface area contributed by atoms with Gasteiger partial charge in [-0.05, 0) is 24.1 Å². The van der Waals surface area contributed by atoms with E-state index in [9.17, 15) is 0 Å². The highest BCUT2D eigenvalue weighted by Crippen LogP contribution is 2.50. The molecule has 0 aromatic heterocycles. The third kappa shape index (κ3) is 2.28. The van der Waals surface area contributed by atoms with Crippen LogP contribution in [0.25, 0.3) is 0 Å². The quantitative estimate of drug-likeness (QED) is 0.752. The molecule has 18 heavy (non-hydrogen) atoms. The van der Waals surface area contributed by atoms with Gasteiger partial charge in [0.25, 0.3) is 0 Å². The Morgan fingerprint density at radius 3 is 2.67 bits per heavy atom. The van der Waals surface area contributed by atoms with Gasteiger partial charge in [0, 0.05) is 46.8 Å². The van der Waals surface area contributed by atoms with Crippen LogP contribution < -0.4 is 0 Å². The molecule has 3 unspecified atom stereocenters. The molecule has 0 spiro atoms. The zero-order valence-corrected chi connectivity index (χ0v) is 12.3. The van der Waals surface area contributed by atoms with Gasteiger partial charge in [0.2, 0.25) is 0 Å². The van der Waals surface area contributed by atoms with Crippen LogP contribution in [0.4, 0.5) is 0 Å². The van der Waals surface area contributed by atoms with E-state index in [-0.39, 0.29) is 0 Å². The summed E-state index contributed by atoms with van der Waals surface area (Å²) in [5.74, 6) is 1.33. The second-order valence-electron chi connectivity index (χ2n) is 5.40. The van der Waals surface area contributed by atoms with E-state index in [4.69, 9.17) is 11.6 Å². The Balaban J connectivity index is 1.92. The van der Waals surface area contributed by atoms with Crippen molar-refractivity contribution in [1.29, 1.82) is 0 Å². The fourth-order valence-electron chi connectivity index (χ4n) is 3.09. The molecule has 96 valence electrons. The van der Waals surface area contributed by atoms with Crippen LogP contribution in [0.2, 0.25) is 5.02 Å². The second-order valence-corrected chi connectivity index (χ2v) is 7.35. The zero-order valence-electron chi connectivity index (χ0n) is 10.8. The molecule has 3 rings (SSSR count). The highest BCUT2D eigenvalue weighted by atomic mass is 35.5. The number of hydrogen-bond acceptors (Lipinski definition) is 2. The standard InChI is InChI=1S/C15H18ClNS/c1-10-7-13-14(8-17(2)9-15(13)18-10)11-3-5-12(16)6-4-11/h3-6,9-10,13-14H,7-8H2,1-2H3. The van der Waals surface area contributed by atoms with Crippen molar-refractivity contribution in [2.45, 2.75) is 24.5 Å². The van der Waals surface area contributed by atoms with Crippen molar-refractivity contribution in [3.63, 3.8) is 0 Å². The summed E-state index contributed by atoms with van der Waals surface area (Å²) in [6.07, 6.45) is 3.64. The molecule has 2 aliphatic heterocycles. The molecule has 2 heterocycles. The minimum Gasteiger partial charge on any atom is -0.379 e. The Labute approximate surface area is 118 Å². The number of benzene rings is 1. The third-order valence-electron chi connectivity index (χ3n) is 3.90. The predicted octanol–water partition coefficient (Wildman–Crippen LogP) is 4.35. The van der Waals surface area contributed by atoms with Crippen molar-refractivity contribution < 1.29 is 0 Å². The molecule has 1 aromatic rings. The summed E-state index contributed by atoms with van der Waals surface area (Å²) < 4.78 is 0. The predicted molar refractivity (Wildman–Crippen MR) is 80.1 cm³/mol. The first-order valence-electron chi connectivity index (χ1n) is 6.47. The van der Waals surface area contributed by atoms with Crippen LogP contribution >= 0.6 is 23.4 Å². The molecule has 3 heteroatoms. The van der Waals surface area contributed by atoms with Crippen LogP contribution in [0.5, 0.6) is 0 Å². The topological polar surface area (TPSA) is 3.24 Å². The molecular weight excluding hydrogens is 262 g/mol. The third-order valence-corrected chi connectivity index (χ3v) is 5.43. The number of allylic oxidation sites excluding steroid dienone is 1. The first-order valence-corrected chi connectivity index (χ1v) is 7.73. The normalized spacial score (nSPS) is 31.2. The minimum atomic E-state index is 0.615. The zero-order chi connectivity index (χ0) is 12.7. The summed E-state index contributed by atoms with van der Waals surface area (Å²) in [7, 11) is 2.18. The van der Waals surface area contributed by atoms with E-state index in [1.54, 1.807) is 4.91 Å². The van der Waals surface area contributed by atoms with Crippen LogP contribution in [0.1, 0.15) is 24.8 Å². The Morgan fingerprint density at radius 2 is 1.94 bits per heavy atom.